The van der Waals surface area contributed by atoms with E-state index < -0.39 is 11.6 Å². The molecule has 1 saturated heterocycles. The van der Waals surface area contributed by atoms with Gasteiger partial charge in [-0.05, 0) is 50.8 Å². The maximum atomic E-state index is 13.4. The molecule has 1 fully saturated rings. The Labute approximate surface area is 193 Å². The van der Waals surface area contributed by atoms with E-state index in [0.29, 0.717) is 12.6 Å². The molecule has 0 aliphatic carbocycles. The smallest absolute Gasteiger partial charge is 0.191 e. The maximum absolute atomic E-state index is 13.4. The third-order valence-electron chi connectivity index (χ3n) is 5.39. The maximum Gasteiger partial charge on any atom is 0.191 e. The first-order valence-electron chi connectivity index (χ1n) is 10.0. The van der Waals surface area contributed by atoms with Gasteiger partial charge in [-0.25, -0.2) is 8.78 Å². The van der Waals surface area contributed by atoms with Crippen molar-refractivity contribution < 1.29 is 13.3 Å². The summed E-state index contributed by atoms with van der Waals surface area (Å²) in [5.41, 5.74) is 2.87. The Morgan fingerprint density at radius 3 is 2.57 bits per heavy atom. The highest BCUT2D eigenvalue weighted by Crippen LogP contribution is 2.16. The Kier molecular flexibility index (Phi) is 9.47. The first-order chi connectivity index (χ1) is 14.0. The predicted octanol–water partition coefficient (Wildman–Crippen LogP) is 3.56. The number of aryl methyl sites for hydroxylation is 2. The Morgan fingerprint density at radius 2 is 1.97 bits per heavy atom. The molecule has 6 nitrogen and oxygen atoms in total. The molecule has 2 aromatic rings. The fourth-order valence-corrected chi connectivity index (χ4v) is 3.68. The summed E-state index contributed by atoms with van der Waals surface area (Å²) >= 11 is 0. The molecule has 0 spiro atoms. The molecule has 0 amide bonds. The summed E-state index contributed by atoms with van der Waals surface area (Å²) < 4.78 is 31.6. The van der Waals surface area contributed by atoms with Gasteiger partial charge in [-0.2, -0.15) is 0 Å². The largest absolute Gasteiger partial charge is 0.361 e. The van der Waals surface area contributed by atoms with E-state index in [9.17, 15) is 8.78 Å². The summed E-state index contributed by atoms with van der Waals surface area (Å²) in [5.74, 6) is 0.0619. The predicted molar refractivity (Wildman–Crippen MR) is 124 cm³/mol. The van der Waals surface area contributed by atoms with Gasteiger partial charge in [0.05, 0.1) is 5.69 Å². The van der Waals surface area contributed by atoms with Crippen LogP contribution in [0.5, 0.6) is 0 Å². The average Bonchev–Trinajstić information content (AvgIpc) is 3.03. The van der Waals surface area contributed by atoms with Gasteiger partial charge in [0.1, 0.15) is 5.76 Å². The Balaban J connectivity index is 0.00000320. The van der Waals surface area contributed by atoms with Crippen molar-refractivity contribution in [2.24, 2.45) is 4.99 Å². The lowest BCUT2D eigenvalue weighted by Gasteiger charge is -2.33. The summed E-state index contributed by atoms with van der Waals surface area (Å²) in [6, 6.07) is 4.45. The molecule has 30 heavy (non-hydrogen) atoms. The van der Waals surface area contributed by atoms with E-state index in [0.717, 1.165) is 67.4 Å². The van der Waals surface area contributed by atoms with Gasteiger partial charge < -0.3 is 15.2 Å². The van der Waals surface area contributed by atoms with Crippen LogP contribution in [0.2, 0.25) is 0 Å². The van der Waals surface area contributed by atoms with Crippen LogP contribution in [0, 0.1) is 25.5 Å². The van der Waals surface area contributed by atoms with Crippen molar-refractivity contribution in [2.75, 3.05) is 26.7 Å². The van der Waals surface area contributed by atoms with Gasteiger partial charge in [-0.15, -0.1) is 24.0 Å². The second-order valence-electron chi connectivity index (χ2n) is 7.49. The zero-order valence-electron chi connectivity index (χ0n) is 17.7. The van der Waals surface area contributed by atoms with Crippen LogP contribution >= 0.6 is 24.0 Å². The number of rotatable bonds is 6. The van der Waals surface area contributed by atoms with Gasteiger partial charge in [0, 0.05) is 44.8 Å². The Hall–Kier alpha value is -1.75. The summed E-state index contributed by atoms with van der Waals surface area (Å²) in [4.78, 5) is 6.58. The number of nitrogens with zero attached hydrogens (tertiary/aromatic N) is 3. The number of aromatic nitrogens is 1. The highest BCUT2D eigenvalue weighted by molar-refractivity contribution is 14.0. The lowest BCUT2D eigenvalue weighted by atomic mass is 10.0. The lowest BCUT2D eigenvalue weighted by molar-refractivity contribution is 0.198. The van der Waals surface area contributed by atoms with Gasteiger partial charge in [-0.1, -0.05) is 11.2 Å². The minimum Gasteiger partial charge on any atom is -0.361 e. The molecule has 2 N–H and O–H groups in total. The standard InChI is InChI=1S/C21H29F2N5O.HI/c1-14-18(15(2)29-27-14)6-9-25-21(24-3)26-17-7-10-28(11-8-17)13-16-4-5-19(22)20(23)12-16;/h4-5,12,17H,6-11,13H2,1-3H3,(H2,24,25,26);1H. The number of hydrogen-bond acceptors (Lipinski definition) is 4. The van der Waals surface area contributed by atoms with Crippen LogP contribution < -0.4 is 10.6 Å². The third-order valence-corrected chi connectivity index (χ3v) is 5.39. The molecule has 1 aliphatic heterocycles. The third kappa shape index (κ3) is 6.63. The lowest BCUT2D eigenvalue weighted by Crippen LogP contribution is -2.48. The molecule has 1 aromatic carbocycles. The number of hydrogen-bond donors (Lipinski definition) is 2. The van der Waals surface area contributed by atoms with Crippen molar-refractivity contribution in [2.45, 2.75) is 45.7 Å². The molecule has 1 aromatic heterocycles. The van der Waals surface area contributed by atoms with Gasteiger partial charge in [0.15, 0.2) is 17.6 Å². The first kappa shape index (κ1) is 24.5. The topological polar surface area (TPSA) is 65.7 Å². The molecule has 0 unspecified atom stereocenters. The SMILES string of the molecule is CN=C(NCCc1c(C)noc1C)NC1CCN(Cc2ccc(F)c(F)c2)CC1.I. The first-order valence-corrected chi connectivity index (χ1v) is 10.0. The molecule has 0 radical (unpaired) electrons. The highest BCUT2D eigenvalue weighted by Gasteiger charge is 2.20. The fraction of sp³-hybridized carbons (Fsp3) is 0.524. The Morgan fingerprint density at radius 1 is 1.23 bits per heavy atom. The van der Waals surface area contributed by atoms with Gasteiger partial charge in [-0.3, -0.25) is 9.89 Å². The van der Waals surface area contributed by atoms with Crippen LogP contribution in [0.25, 0.3) is 0 Å². The number of likely N-dealkylation sites (tertiary alicyclic amines) is 1. The van der Waals surface area contributed by atoms with Gasteiger partial charge >= 0.3 is 0 Å². The Bertz CT molecular complexity index is 830. The van der Waals surface area contributed by atoms with E-state index in [1.54, 1.807) is 13.1 Å². The normalized spacial score (nSPS) is 15.7. The van der Waals surface area contributed by atoms with E-state index in [4.69, 9.17) is 4.52 Å². The van der Waals surface area contributed by atoms with Crippen molar-refractivity contribution in [3.63, 3.8) is 0 Å². The van der Waals surface area contributed by atoms with Crippen LogP contribution in [0.3, 0.4) is 0 Å². The molecule has 3 rings (SSSR count). The van der Waals surface area contributed by atoms with E-state index in [1.165, 1.54) is 12.1 Å². The second-order valence-corrected chi connectivity index (χ2v) is 7.49. The summed E-state index contributed by atoms with van der Waals surface area (Å²) in [5, 5.41) is 10.8. The molecule has 9 heteroatoms. The zero-order valence-corrected chi connectivity index (χ0v) is 20.0. The number of piperidine rings is 1. The average molecular weight is 533 g/mol. The minimum absolute atomic E-state index is 0. The second kappa shape index (κ2) is 11.6. The van der Waals surface area contributed by atoms with E-state index in [2.05, 4.69) is 25.7 Å². The molecule has 0 bridgehead atoms. The monoisotopic (exact) mass is 533 g/mol. The molecule has 166 valence electrons. The van der Waals surface area contributed by atoms with Crippen molar-refractivity contribution in [1.29, 1.82) is 0 Å². The molecule has 2 heterocycles. The van der Waals surface area contributed by atoms with Crippen molar-refractivity contribution in [1.82, 2.24) is 20.7 Å². The van der Waals surface area contributed by atoms with Gasteiger partial charge in [0.2, 0.25) is 0 Å². The number of nitrogens with one attached hydrogen (secondary N) is 2. The fourth-order valence-electron chi connectivity index (χ4n) is 3.68. The number of halogens is 3. The van der Waals surface area contributed by atoms with Crippen LogP contribution in [0.15, 0.2) is 27.7 Å². The quantitative estimate of drug-likeness (QED) is 0.338. The molecule has 1 aliphatic rings. The number of aliphatic imine (C=N–C) groups is 1. The molecule has 0 atom stereocenters. The molecular weight excluding hydrogens is 503 g/mol. The highest BCUT2D eigenvalue weighted by atomic mass is 127. The van der Waals surface area contributed by atoms with Crippen molar-refractivity contribution >= 4 is 29.9 Å². The summed E-state index contributed by atoms with van der Waals surface area (Å²) in [7, 11) is 1.77. The summed E-state index contributed by atoms with van der Waals surface area (Å²) in [6.07, 6.45) is 2.76. The number of benzene rings is 1. The van der Waals surface area contributed by atoms with Gasteiger partial charge in [0.25, 0.3) is 0 Å². The molecular formula is C21H30F2IN5O. The minimum atomic E-state index is -0.801. The van der Waals surface area contributed by atoms with Crippen LogP contribution in [-0.2, 0) is 13.0 Å². The van der Waals surface area contributed by atoms with E-state index in [-0.39, 0.29) is 24.0 Å². The van der Waals surface area contributed by atoms with E-state index in [1.807, 2.05) is 13.8 Å². The van der Waals surface area contributed by atoms with Crippen LogP contribution in [0.1, 0.15) is 35.4 Å². The van der Waals surface area contributed by atoms with E-state index >= 15 is 0 Å². The van der Waals surface area contributed by atoms with Crippen LogP contribution in [0.4, 0.5) is 8.78 Å². The van der Waals surface area contributed by atoms with Crippen molar-refractivity contribution in [3.8, 4) is 0 Å². The zero-order chi connectivity index (χ0) is 20.8. The van der Waals surface area contributed by atoms with Crippen molar-refractivity contribution in [3.05, 3.63) is 52.4 Å². The van der Waals surface area contributed by atoms with Crippen LogP contribution in [-0.4, -0.2) is 48.7 Å². The molecule has 0 saturated carbocycles. The number of guanidine groups is 1. The summed E-state index contributed by atoms with van der Waals surface area (Å²) in [6.45, 7) is 7.05.